The van der Waals surface area contributed by atoms with Crippen molar-refractivity contribution in [3.05, 3.63) is 24.3 Å². The summed E-state index contributed by atoms with van der Waals surface area (Å²) in [6.07, 6.45) is 14.6. The van der Waals surface area contributed by atoms with E-state index in [9.17, 15) is 0 Å². The molecule has 0 radical (unpaired) electrons. The average Bonchev–Trinajstić information content (AvgIpc) is 3.73. The zero-order valence-electron chi connectivity index (χ0n) is 23.1. The van der Waals surface area contributed by atoms with Crippen LogP contribution in [0.5, 0.6) is 0 Å². The number of benzene rings is 1. The summed E-state index contributed by atoms with van der Waals surface area (Å²) >= 11 is 0. The van der Waals surface area contributed by atoms with Gasteiger partial charge in [-0.05, 0) is 38.5 Å². The van der Waals surface area contributed by atoms with Crippen LogP contribution in [0, 0.1) is 35.5 Å². The molecule has 8 heteroatoms. The molecular formula is C32H38N8. The van der Waals surface area contributed by atoms with Gasteiger partial charge >= 0.3 is 0 Å². The van der Waals surface area contributed by atoms with E-state index in [1.165, 1.54) is 69.6 Å². The highest BCUT2D eigenvalue weighted by atomic mass is 15.2. The molecule has 1 aromatic carbocycles. The third-order valence-corrected chi connectivity index (χ3v) is 10.9. The second-order valence-electron chi connectivity index (χ2n) is 13.1. The summed E-state index contributed by atoms with van der Waals surface area (Å²) in [7, 11) is 0. The van der Waals surface area contributed by atoms with E-state index < -0.39 is 0 Å². The van der Waals surface area contributed by atoms with Crippen LogP contribution < -0.4 is 10.6 Å². The number of amidine groups is 5. The molecule has 0 spiro atoms. The van der Waals surface area contributed by atoms with Crippen LogP contribution in [0.4, 0.5) is 11.6 Å². The van der Waals surface area contributed by atoms with E-state index in [0.717, 1.165) is 59.0 Å². The molecule has 8 nitrogen and oxygen atoms in total. The number of nitrogens with one attached hydrogen (secondary N) is 3. The summed E-state index contributed by atoms with van der Waals surface area (Å²) in [5, 5.41) is 9.99. The molecule has 4 aliphatic heterocycles. The van der Waals surface area contributed by atoms with Crippen LogP contribution in [0.25, 0.3) is 10.8 Å². The fourth-order valence-electron chi connectivity index (χ4n) is 8.89. The van der Waals surface area contributed by atoms with Gasteiger partial charge in [-0.15, -0.1) is 0 Å². The van der Waals surface area contributed by atoms with Gasteiger partial charge in [-0.25, -0.2) is 25.0 Å². The number of anilines is 1. The Hall–Kier alpha value is -3.29. The predicted molar refractivity (Wildman–Crippen MR) is 162 cm³/mol. The van der Waals surface area contributed by atoms with Gasteiger partial charge in [-0.2, -0.15) is 0 Å². The lowest BCUT2D eigenvalue weighted by Gasteiger charge is -2.29. The highest BCUT2D eigenvalue weighted by Crippen LogP contribution is 2.44. The Kier molecular flexibility index (Phi) is 5.34. The van der Waals surface area contributed by atoms with Gasteiger partial charge in [0.2, 0.25) is 0 Å². The first-order valence-corrected chi connectivity index (χ1v) is 15.9. The summed E-state index contributed by atoms with van der Waals surface area (Å²) < 4.78 is 0. The van der Waals surface area contributed by atoms with Gasteiger partial charge in [0.1, 0.15) is 47.0 Å². The van der Waals surface area contributed by atoms with Gasteiger partial charge in [0.05, 0.1) is 0 Å². The SMILES string of the molecule is c1ccc2c3[nH]c(c2c1)/N=C1\N=C(NC2=NC(=NC4=NC(N3)C3CCCCC43)C3CCCCC23)C2CCCCC12. The topological polar surface area (TPSA) is 102 Å². The van der Waals surface area contributed by atoms with E-state index in [1.807, 2.05) is 0 Å². The Morgan fingerprint density at radius 1 is 0.575 bits per heavy atom. The monoisotopic (exact) mass is 534 g/mol. The van der Waals surface area contributed by atoms with Crippen LogP contribution in [0.15, 0.2) is 49.2 Å². The molecule has 3 saturated carbocycles. The summed E-state index contributed by atoms with van der Waals surface area (Å²) in [5.41, 5.74) is 0. The predicted octanol–water partition coefficient (Wildman–Crippen LogP) is 6.59. The number of aromatic amines is 1. The summed E-state index contributed by atoms with van der Waals surface area (Å²) in [4.78, 5) is 30.1. The smallest absolute Gasteiger partial charge is 0.141 e. The lowest BCUT2D eigenvalue weighted by Crippen LogP contribution is -2.41. The maximum atomic E-state index is 5.34. The van der Waals surface area contributed by atoms with Crippen molar-refractivity contribution < 1.29 is 0 Å². The first kappa shape index (κ1) is 23.4. The minimum atomic E-state index is 0.0177. The van der Waals surface area contributed by atoms with Crippen LogP contribution in [0.1, 0.15) is 77.0 Å². The summed E-state index contributed by atoms with van der Waals surface area (Å²) in [6.45, 7) is 0. The van der Waals surface area contributed by atoms with Crippen molar-refractivity contribution in [2.75, 3.05) is 5.32 Å². The molecule has 7 atom stereocenters. The fraction of sp³-hybridized carbons (Fsp3) is 0.594. The van der Waals surface area contributed by atoms with Crippen molar-refractivity contribution in [1.82, 2.24) is 10.3 Å². The second kappa shape index (κ2) is 9.11. The molecule has 5 heterocycles. The standard InChI is InChI=1S/C32H38N8/c1-2-10-18-17(9-1)25-33-26(18)38-28-21-13-5-6-14-22(21)30(35-28)40-32-24-16-8-7-15-23(24)31(36-32)39-29-20-12-4-3-11-19(20)27(34-29)37-25/h1-2,9-10,19-24,27,33,37H,3-8,11-16H2,(H,34,35,36,38,39,40). The summed E-state index contributed by atoms with van der Waals surface area (Å²) in [5.74, 6) is 9.58. The van der Waals surface area contributed by atoms with E-state index >= 15 is 0 Å². The molecule has 2 aromatic rings. The quantitative estimate of drug-likeness (QED) is 0.355. The van der Waals surface area contributed by atoms with Crippen molar-refractivity contribution in [1.29, 1.82) is 0 Å². The van der Waals surface area contributed by atoms with Gasteiger partial charge in [-0.3, -0.25) is 0 Å². The molecule has 9 rings (SSSR count). The number of rotatable bonds is 0. The summed E-state index contributed by atoms with van der Waals surface area (Å²) in [6, 6.07) is 8.59. The van der Waals surface area contributed by atoms with Crippen molar-refractivity contribution in [2.45, 2.75) is 83.2 Å². The number of aliphatic imine (C=N–C) groups is 5. The first-order chi connectivity index (χ1) is 19.8. The van der Waals surface area contributed by atoms with Gasteiger partial charge in [0.25, 0.3) is 0 Å². The molecule has 1 aromatic heterocycles. The van der Waals surface area contributed by atoms with E-state index in [0.29, 0.717) is 35.5 Å². The molecule has 0 saturated heterocycles. The molecule has 7 aliphatic rings. The molecule has 7 unspecified atom stereocenters. The third-order valence-electron chi connectivity index (χ3n) is 10.9. The second-order valence-corrected chi connectivity index (χ2v) is 13.1. The van der Waals surface area contributed by atoms with Crippen molar-refractivity contribution in [3.8, 4) is 0 Å². The zero-order valence-corrected chi connectivity index (χ0v) is 23.1. The Bertz CT molecular complexity index is 1520. The number of H-pyrrole nitrogens is 1. The molecule has 8 bridgehead atoms. The molecule has 3 fully saturated rings. The molecule has 3 N–H and O–H groups in total. The fourth-order valence-corrected chi connectivity index (χ4v) is 8.89. The molecule has 0 amide bonds. The number of aromatic nitrogens is 1. The number of fused-ring (bicyclic) bond motifs is 17. The largest absolute Gasteiger partial charge is 0.349 e. The molecule has 40 heavy (non-hydrogen) atoms. The minimum absolute atomic E-state index is 0.0177. The van der Waals surface area contributed by atoms with Gasteiger partial charge in [-0.1, -0.05) is 62.8 Å². The number of nitrogens with zero attached hydrogens (tertiary/aromatic N) is 5. The van der Waals surface area contributed by atoms with Crippen LogP contribution in [-0.4, -0.2) is 40.3 Å². The highest BCUT2D eigenvalue weighted by molar-refractivity contribution is 6.18. The van der Waals surface area contributed by atoms with E-state index in [1.54, 1.807) is 0 Å². The molecular weight excluding hydrogens is 496 g/mol. The Balaban J connectivity index is 1.22. The van der Waals surface area contributed by atoms with E-state index in [-0.39, 0.29) is 6.17 Å². The normalized spacial score (nSPS) is 37.5. The van der Waals surface area contributed by atoms with Gasteiger partial charge in [0.15, 0.2) is 0 Å². The van der Waals surface area contributed by atoms with Crippen molar-refractivity contribution in [3.63, 3.8) is 0 Å². The third kappa shape index (κ3) is 3.60. The van der Waals surface area contributed by atoms with Crippen LogP contribution in [-0.2, 0) is 0 Å². The average molecular weight is 535 g/mol. The Morgan fingerprint density at radius 2 is 1.18 bits per heavy atom. The van der Waals surface area contributed by atoms with E-state index in [2.05, 4.69) is 39.9 Å². The zero-order chi connectivity index (χ0) is 26.2. The van der Waals surface area contributed by atoms with Crippen molar-refractivity contribution in [2.24, 2.45) is 60.5 Å². The maximum Gasteiger partial charge on any atom is 0.141 e. The number of hydrogen-bond donors (Lipinski definition) is 3. The minimum Gasteiger partial charge on any atom is -0.349 e. The van der Waals surface area contributed by atoms with Crippen LogP contribution >= 0.6 is 0 Å². The van der Waals surface area contributed by atoms with E-state index in [4.69, 9.17) is 25.0 Å². The molecule has 3 aliphatic carbocycles. The lowest BCUT2D eigenvalue weighted by molar-refractivity contribution is 0.293. The number of hydrogen-bond acceptors (Lipinski definition) is 7. The highest BCUT2D eigenvalue weighted by Gasteiger charge is 2.45. The Morgan fingerprint density at radius 3 is 1.90 bits per heavy atom. The van der Waals surface area contributed by atoms with Gasteiger partial charge in [0, 0.05) is 46.3 Å². The maximum absolute atomic E-state index is 5.34. The van der Waals surface area contributed by atoms with Crippen LogP contribution in [0.3, 0.4) is 0 Å². The Labute approximate surface area is 235 Å². The molecule has 206 valence electrons. The van der Waals surface area contributed by atoms with Crippen LogP contribution in [0.2, 0.25) is 0 Å². The first-order valence-electron chi connectivity index (χ1n) is 15.9. The van der Waals surface area contributed by atoms with Gasteiger partial charge < -0.3 is 15.6 Å². The van der Waals surface area contributed by atoms with Crippen molar-refractivity contribution >= 4 is 51.6 Å². The lowest BCUT2D eigenvalue weighted by atomic mass is 9.78.